The molecule has 1 aromatic rings. The normalized spacial score (nSPS) is 31.4. The summed E-state index contributed by atoms with van der Waals surface area (Å²) in [7, 11) is 0. The second-order valence-corrected chi connectivity index (χ2v) is 6.82. The van der Waals surface area contributed by atoms with Crippen LogP contribution in [0.4, 0.5) is 0 Å². The molecule has 0 aromatic heterocycles. The minimum atomic E-state index is -0.897. The fourth-order valence-electron chi connectivity index (χ4n) is 4.53. The highest BCUT2D eigenvalue weighted by Gasteiger charge is 2.53. The van der Waals surface area contributed by atoms with E-state index in [9.17, 15) is 14.7 Å². The van der Waals surface area contributed by atoms with E-state index in [1.54, 1.807) is 18.2 Å². The van der Waals surface area contributed by atoms with Crippen LogP contribution in [-0.2, 0) is 9.53 Å². The summed E-state index contributed by atoms with van der Waals surface area (Å²) in [6, 6.07) is 3.30. The van der Waals surface area contributed by atoms with E-state index in [4.69, 9.17) is 14.2 Å². The van der Waals surface area contributed by atoms with E-state index in [0.717, 1.165) is 17.6 Å². The molecule has 1 aliphatic carbocycles. The molecule has 7 heteroatoms. The molecule has 0 unspecified atom stereocenters. The van der Waals surface area contributed by atoms with Crippen LogP contribution in [0.2, 0.25) is 0 Å². The lowest BCUT2D eigenvalue weighted by molar-refractivity contribution is -0.153. The Labute approximate surface area is 143 Å². The Bertz CT molecular complexity index is 831. The van der Waals surface area contributed by atoms with Gasteiger partial charge in [-0.25, -0.2) is 0 Å². The molecule has 1 N–H and O–H groups in total. The maximum atomic E-state index is 13.0. The first-order valence-corrected chi connectivity index (χ1v) is 8.35. The summed E-state index contributed by atoms with van der Waals surface area (Å²) >= 11 is 0. The van der Waals surface area contributed by atoms with Gasteiger partial charge in [0.25, 0.3) is 5.91 Å². The maximum Gasteiger partial charge on any atom is 0.303 e. The van der Waals surface area contributed by atoms with Crippen molar-refractivity contribution < 1.29 is 28.9 Å². The van der Waals surface area contributed by atoms with Crippen molar-refractivity contribution in [3.63, 3.8) is 0 Å². The van der Waals surface area contributed by atoms with E-state index in [1.165, 1.54) is 6.92 Å². The molecule has 4 aliphatic rings. The van der Waals surface area contributed by atoms with Gasteiger partial charge in [0.2, 0.25) is 6.79 Å². The zero-order valence-electron chi connectivity index (χ0n) is 13.6. The van der Waals surface area contributed by atoms with Gasteiger partial charge in [0.1, 0.15) is 12.2 Å². The minimum Gasteiger partial charge on any atom is -0.459 e. The zero-order valence-corrected chi connectivity index (χ0v) is 13.6. The van der Waals surface area contributed by atoms with Crippen LogP contribution in [0.5, 0.6) is 11.5 Å². The number of aliphatic hydroxyl groups excluding tert-OH is 1. The lowest BCUT2D eigenvalue weighted by atomic mass is 9.73. The molecule has 0 radical (unpaired) electrons. The van der Waals surface area contributed by atoms with E-state index in [0.29, 0.717) is 23.6 Å². The lowest BCUT2D eigenvalue weighted by Crippen LogP contribution is -2.53. The number of nitrogens with zero attached hydrogens (tertiary/aromatic N) is 1. The van der Waals surface area contributed by atoms with E-state index in [2.05, 4.69) is 0 Å². The van der Waals surface area contributed by atoms with E-state index in [1.807, 2.05) is 4.90 Å². The first kappa shape index (κ1) is 14.8. The monoisotopic (exact) mass is 343 g/mol. The summed E-state index contributed by atoms with van der Waals surface area (Å²) < 4.78 is 16.3. The molecule has 0 saturated carbocycles. The molecule has 1 aromatic carbocycles. The topological polar surface area (TPSA) is 85.3 Å². The molecule has 5 rings (SSSR count). The highest BCUT2D eigenvalue weighted by molar-refractivity contribution is 5.99. The van der Waals surface area contributed by atoms with Gasteiger partial charge < -0.3 is 24.2 Å². The van der Waals surface area contributed by atoms with Crippen molar-refractivity contribution in [2.24, 2.45) is 0 Å². The molecule has 0 spiro atoms. The van der Waals surface area contributed by atoms with Crippen LogP contribution < -0.4 is 9.47 Å². The molecule has 1 fully saturated rings. The van der Waals surface area contributed by atoms with Crippen LogP contribution in [0.15, 0.2) is 23.8 Å². The Morgan fingerprint density at radius 3 is 2.84 bits per heavy atom. The van der Waals surface area contributed by atoms with E-state index >= 15 is 0 Å². The molecule has 3 aliphatic heterocycles. The van der Waals surface area contributed by atoms with E-state index in [-0.39, 0.29) is 24.7 Å². The molecule has 1 amide bonds. The molecule has 130 valence electrons. The molecule has 1 saturated heterocycles. The number of amides is 1. The van der Waals surface area contributed by atoms with Crippen molar-refractivity contribution in [3.05, 3.63) is 34.9 Å². The van der Waals surface area contributed by atoms with Gasteiger partial charge in [-0.15, -0.1) is 0 Å². The van der Waals surface area contributed by atoms with Gasteiger partial charge in [-0.1, -0.05) is 6.08 Å². The van der Waals surface area contributed by atoms with Crippen LogP contribution >= 0.6 is 0 Å². The average molecular weight is 343 g/mol. The molecule has 4 atom stereocenters. The second kappa shape index (κ2) is 4.98. The number of hydrogen-bond acceptors (Lipinski definition) is 6. The maximum absolute atomic E-state index is 13.0. The van der Waals surface area contributed by atoms with Crippen molar-refractivity contribution in [1.29, 1.82) is 0 Å². The third-order valence-corrected chi connectivity index (χ3v) is 5.47. The van der Waals surface area contributed by atoms with Crippen LogP contribution in [0.3, 0.4) is 0 Å². The third-order valence-electron chi connectivity index (χ3n) is 5.47. The summed E-state index contributed by atoms with van der Waals surface area (Å²) in [5.41, 5.74) is 2.30. The number of ether oxygens (including phenoxy) is 3. The fraction of sp³-hybridized carbons (Fsp3) is 0.444. The minimum absolute atomic E-state index is 0.0593. The van der Waals surface area contributed by atoms with Gasteiger partial charge in [0.15, 0.2) is 11.5 Å². The molecule has 25 heavy (non-hydrogen) atoms. The molecule has 0 bridgehead atoms. The molecule has 3 heterocycles. The van der Waals surface area contributed by atoms with Crippen molar-refractivity contribution >= 4 is 11.9 Å². The second-order valence-electron chi connectivity index (χ2n) is 6.82. The summed E-state index contributed by atoms with van der Waals surface area (Å²) in [6.45, 7) is 2.04. The molecular formula is C18H17NO6. The smallest absolute Gasteiger partial charge is 0.303 e. The van der Waals surface area contributed by atoms with Crippen LogP contribution in [0, 0.1) is 0 Å². The predicted octanol–water partition coefficient (Wildman–Crippen LogP) is 0.960. The third kappa shape index (κ3) is 1.96. The van der Waals surface area contributed by atoms with Crippen molar-refractivity contribution in [1.82, 2.24) is 4.90 Å². The van der Waals surface area contributed by atoms with E-state index < -0.39 is 18.2 Å². The van der Waals surface area contributed by atoms with Gasteiger partial charge >= 0.3 is 5.97 Å². The Hall–Kier alpha value is -2.54. The number of hydrogen-bond donors (Lipinski definition) is 1. The first-order chi connectivity index (χ1) is 12.0. The van der Waals surface area contributed by atoms with Crippen LogP contribution in [-0.4, -0.2) is 53.5 Å². The first-order valence-electron chi connectivity index (χ1n) is 8.35. The van der Waals surface area contributed by atoms with Gasteiger partial charge in [-0.3, -0.25) is 9.59 Å². The number of aliphatic hydroxyl groups is 1. The number of fused-ring (bicyclic) bond motifs is 3. The van der Waals surface area contributed by atoms with Crippen LogP contribution in [0.25, 0.3) is 0 Å². The van der Waals surface area contributed by atoms with Crippen molar-refractivity contribution in [2.75, 3.05) is 13.3 Å². The number of esters is 1. The van der Waals surface area contributed by atoms with Crippen LogP contribution in [0.1, 0.15) is 35.2 Å². The molecule has 7 nitrogen and oxygen atoms in total. The Morgan fingerprint density at radius 2 is 2.08 bits per heavy atom. The summed E-state index contributed by atoms with van der Waals surface area (Å²) in [5, 5.41) is 10.5. The largest absolute Gasteiger partial charge is 0.459 e. The van der Waals surface area contributed by atoms with Gasteiger partial charge in [0, 0.05) is 24.9 Å². The summed E-state index contributed by atoms with van der Waals surface area (Å²) in [5.74, 6) is 0.287. The fourth-order valence-corrected chi connectivity index (χ4v) is 4.53. The number of benzene rings is 1. The molecular weight excluding hydrogens is 326 g/mol. The number of rotatable bonds is 1. The summed E-state index contributed by atoms with van der Waals surface area (Å²) in [4.78, 5) is 26.4. The van der Waals surface area contributed by atoms with Crippen molar-refractivity contribution in [2.45, 2.75) is 37.5 Å². The van der Waals surface area contributed by atoms with Gasteiger partial charge in [-0.2, -0.15) is 0 Å². The lowest BCUT2D eigenvalue weighted by Gasteiger charge is -2.45. The SMILES string of the molecule is CC(=O)O[C@H]1[C@H]2c3cc4c(cc3C(=O)N3CCC(=C[C@@H]1O)[C@H]23)OCO4. The zero-order chi connectivity index (χ0) is 17.3. The predicted molar refractivity (Wildman–Crippen MR) is 84.4 cm³/mol. The van der Waals surface area contributed by atoms with Crippen molar-refractivity contribution in [3.8, 4) is 11.5 Å². The highest BCUT2D eigenvalue weighted by Crippen LogP contribution is 2.50. The number of carbonyl (C=O) groups is 2. The quantitative estimate of drug-likeness (QED) is 0.604. The highest BCUT2D eigenvalue weighted by atomic mass is 16.7. The Morgan fingerprint density at radius 1 is 1.32 bits per heavy atom. The van der Waals surface area contributed by atoms with Gasteiger partial charge in [0.05, 0.1) is 6.04 Å². The standard InChI is InChI=1S/C18H17NO6/c1-8(20)25-17-12(21)4-9-2-3-19-16(9)15(17)10-5-13-14(24-7-23-13)6-11(10)18(19)22/h4-6,12,15-17,21H,2-3,7H2,1H3/t12-,15-,16+,17+/m0/s1. The Kier molecular flexibility index (Phi) is 2.94. The number of carbonyl (C=O) groups excluding carboxylic acids is 2. The Balaban J connectivity index is 1.71. The van der Waals surface area contributed by atoms with Gasteiger partial charge in [-0.05, 0) is 29.7 Å². The average Bonchev–Trinajstić information content (AvgIpc) is 3.19. The summed E-state index contributed by atoms with van der Waals surface area (Å²) in [6.07, 6.45) is 0.822.